The second kappa shape index (κ2) is 4.68. The van der Waals surface area contributed by atoms with Gasteiger partial charge in [0.1, 0.15) is 6.33 Å². The largest absolute Gasteiger partial charge is 0.443 e. The first-order valence-electron chi connectivity index (χ1n) is 5.27. The molecule has 0 fully saturated rings. The summed E-state index contributed by atoms with van der Waals surface area (Å²) in [6.45, 7) is 4.16. The Hall–Kier alpha value is -1.44. The Morgan fingerprint density at radius 3 is 2.56 bits per heavy atom. The third-order valence-corrected chi connectivity index (χ3v) is 3.21. The number of hydrogen-bond donors (Lipinski definition) is 0. The van der Waals surface area contributed by atoms with Crippen LogP contribution in [0.5, 0.6) is 0 Å². The van der Waals surface area contributed by atoms with E-state index in [0.29, 0.717) is 22.0 Å². The van der Waals surface area contributed by atoms with Gasteiger partial charge >= 0.3 is 6.18 Å². The van der Waals surface area contributed by atoms with Crippen LogP contribution < -0.4 is 0 Å². The second-order valence-electron chi connectivity index (χ2n) is 4.08. The van der Waals surface area contributed by atoms with Crippen molar-refractivity contribution in [2.24, 2.45) is 0 Å². The summed E-state index contributed by atoms with van der Waals surface area (Å²) >= 11 is 0.628. The van der Waals surface area contributed by atoms with E-state index in [9.17, 15) is 13.2 Å². The standard InChI is InChI=1S/C10H11F3N4S/c1-6(2)8-15-5-17(16-8)4-7-3-14-9(18-7)10(11,12)13/h3,5-6H,4H2,1-2H3. The molecule has 0 aliphatic carbocycles. The molecule has 0 spiro atoms. The third-order valence-electron chi connectivity index (χ3n) is 2.18. The normalized spacial score (nSPS) is 12.3. The van der Waals surface area contributed by atoms with E-state index in [1.165, 1.54) is 17.2 Å². The van der Waals surface area contributed by atoms with Crippen LogP contribution in [0.3, 0.4) is 0 Å². The first kappa shape index (κ1) is 13.0. The molecule has 0 unspecified atom stereocenters. The van der Waals surface area contributed by atoms with Gasteiger partial charge in [0.2, 0.25) is 0 Å². The van der Waals surface area contributed by atoms with Crippen LogP contribution in [0.4, 0.5) is 13.2 Å². The Morgan fingerprint density at radius 1 is 1.33 bits per heavy atom. The van der Waals surface area contributed by atoms with Crippen LogP contribution in [0.2, 0.25) is 0 Å². The van der Waals surface area contributed by atoms with Crippen molar-refractivity contribution in [2.75, 3.05) is 0 Å². The van der Waals surface area contributed by atoms with Gasteiger partial charge < -0.3 is 0 Å². The zero-order valence-electron chi connectivity index (χ0n) is 9.77. The van der Waals surface area contributed by atoms with Crippen LogP contribution in [0.1, 0.15) is 35.5 Å². The number of nitrogens with zero attached hydrogens (tertiary/aromatic N) is 4. The Kier molecular flexibility index (Phi) is 3.38. The Morgan fingerprint density at radius 2 is 2.06 bits per heavy atom. The van der Waals surface area contributed by atoms with Crippen molar-refractivity contribution in [3.8, 4) is 0 Å². The smallest absolute Gasteiger partial charge is 0.247 e. The predicted octanol–water partition coefficient (Wildman–Crippen LogP) is 2.93. The lowest BCUT2D eigenvalue weighted by Crippen LogP contribution is -2.03. The molecule has 4 nitrogen and oxygen atoms in total. The molecule has 2 heterocycles. The summed E-state index contributed by atoms with van der Waals surface area (Å²) < 4.78 is 38.6. The molecule has 0 radical (unpaired) electrons. The van der Waals surface area contributed by atoms with Crippen molar-refractivity contribution in [1.29, 1.82) is 0 Å². The molecule has 2 aromatic heterocycles. The number of rotatable bonds is 3. The van der Waals surface area contributed by atoms with Crippen LogP contribution >= 0.6 is 11.3 Å². The van der Waals surface area contributed by atoms with Gasteiger partial charge in [0.15, 0.2) is 10.8 Å². The lowest BCUT2D eigenvalue weighted by molar-refractivity contribution is -0.137. The number of aromatic nitrogens is 4. The fourth-order valence-electron chi connectivity index (χ4n) is 1.32. The number of halogens is 3. The summed E-state index contributed by atoms with van der Waals surface area (Å²) in [7, 11) is 0. The van der Waals surface area contributed by atoms with E-state index >= 15 is 0 Å². The molecule has 0 aromatic carbocycles. The van der Waals surface area contributed by atoms with Crippen LogP contribution in [0.15, 0.2) is 12.5 Å². The Bertz CT molecular complexity index is 529. The van der Waals surface area contributed by atoms with Crippen LogP contribution in [-0.2, 0) is 12.7 Å². The van der Waals surface area contributed by atoms with Gasteiger partial charge in [0, 0.05) is 17.0 Å². The highest BCUT2D eigenvalue weighted by Gasteiger charge is 2.34. The van der Waals surface area contributed by atoms with E-state index in [-0.39, 0.29) is 12.5 Å². The minimum atomic E-state index is -4.38. The Balaban J connectivity index is 2.11. The van der Waals surface area contributed by atoms with Crippen molar-refractivity contribution in [3.63, 3.8) is 0 Å². The lowest BCUT2D eigenvalue weighted by Gasteiger charge is -1.99. The molecule has 2 aromatic rings. The van der Waals surface area contributed by atoms with E-state index in [0.717, 1.165) is 0 Å². The molecule has 0 atom stereocenters. The molecule has 8 heteroatoms. The fraction of sp³-hybridized carbons (Fsp3) is 0.500. The molecular formula is C10H11F3N4S. The quantitative estimate of drug-likeness (QED) is 0.865. The van der Waals surface area contributed by atoms with Gasteiger partial charge in [-0.2, -0.15) is 18.3 Å². The van der Waals surface area contributed by atoms with Crippen molar-refractivity contribution in [1.82, 2.24) is 19.7 Å². The summed E-state index contributed by atoms with van der Waals surface area (Å²) in [6.07, 6.45) is -1.64. The maximum atomic E-state index is 12.4. The average Bonchev–Trinajstić information content (AvgIpc) is 2.85. The first-order valence-corrected chi connectivity index (χ1v) is 6.09. The fourth-order valence-corrected chi connectivity index (χ4v) is 2.09. The average molecular weight is 276 g/mol. The van der Waals surface area contributed by atoms with Crippen molar-refractivity contribution < 1.29 is 13.2 Å². The number of hydrogen-bond acceptors (Lipinski definition) is 4. The van der Waals surface area contributed by atoms with E-state index in [4.69, 9.17) is 0 Å². The Labute approximate surface area is 105 Å². The van der Waals surface area contributed by atoms with E-state index in [2.05, 4.69) is 15.1 Å². The molecule has 0 saturated carbocycles. The minimum absolute atomic E-state index is 0.193. The molecule has 0 saturated heterocycles. The monoisotopic (exact) mass is 276 g/mol. The number of thiazole rings is 1. The molecule has 18 heavy (non-hydrogen) atoms. The van der Waals surface area contributed by atoms with E-state index in [1.54, 1.807) is 0 Å². The zero-order chi connectivity index (χ0) is 13.3. The highest BCUT2D eigenvalue weighted by atomic mass is 32.1. The maximum absolute atomic E-state index is 12.4. The second-order valence-corrected chi connectivity index (χ2v) is 5.20. The first-order chi connectivity index (χ1) is 8.36. The molecule has 0 aliphatic rings. The highest BCUT2D eigenvalue weighted by Crippen LogP contribution is 2.32. The molecular weight excluding hydrogens is 265 g/mol. The summed E-state index contributed by atoms with van der Waals surface area (Å²) in [5.74, 6) is 0.869. The van der Waals surface area contributed by atoms with E-state index in [1.807, 2.05) is 13.8 Å². The molecule has 0 aliphatic heterocycles. The van der Waals surface area contributed by atoms with Gasteiger partial charge in [-0.1, -0.05) is 13.8 Å². The minimum Gasteiger partial charge on any atom is -0.247 e. The number of alkyl halides is 3. The van der Waals surface area contributed by atoms with Gasteiger partial charge in [-0.15, -0.1) is 11.3 Å². The maximum Gasteiger partial charge on any atom is 0.443 e. The summed E-state index contributed by atoms with van der Waals surface area (Å²) in [4.78, 5) is 7.94. The van der Waals surface area contributed by atoms with Crippen LogP contribution in [0, 0.1) is 0 Å². The molecule has 0 amide bonds. The summed E-state index contributed by atoms with van der Waals surface area (Å²) in [6, 6.07) is 0. The predicted molar refractivity (Wildman–Crippen MR) is 60.3 cm³/mol. The zero-order valence-corrected chi connectivity index (χ0v) is 10.6. The summed E-state index contributed by atoms with van der Waals surface area (Å²) in [5, 5.41) is 3.35. The summed E-state index contributed by atoms with van der Waals surface area (Å²) in [5.41, 5.74) is 0. The lowest BCUT2D eigenvalue weighted by atomic mass is 10.2. The van der Waals surface area contributed by atoms with Crippen LogP contribution in [-0.4, -0.2) is 19.7 Å². The van der Waals surface area contributed by atoms with Gasteiger partial charge in [0.25, 0.3) is 0 Å². The highest BCUT2D eigenvalue weighted by molar-refractivity contribution is 7.11. The van der Waals surface area contributed by atoms with Gasteiger partial charge in [-0.05, 0) is 0 Å². The van der Waals surface area contributed by atoms with Gasteiger partial charge in [-0.25, -0.2) is 14.6 Å². The van der Waals surface area contributed by atoms with Crippen molar-refractivity contribution in [3.05, 3.63) is 28.2 Å². The van der Waals surface area contributed by atoms with Crippen LogP contribution in [0.25, 0.3) is 0 Å². The molecule has 0 bridgehead atoms. The third kappa shape index (κ3) is 2.87. The molecule has 2 rings (SSSR count). The molecule has 0 N–H and O–H groups in total. The van der Waals surface area contributed by atoms with Crippen molar-refractivity contribution >= 4 is 11.3 Å². The van der Waals surface area contributed by atoms with Crippen molar-refractivity contribution in [2.45, 2.75) is 32.5 Å². The SMILES string of the molecule is CC(C)c1ncn(Cc2cnc(C(F)(F)F)s2)n1. The van der Waals surface area contributed by atoms with E-state index < -0.39 is 11.2 Å². The topological polar surface area (TPSA) is 43.6 Å². The van der Waals surface area contributed by atoms with Gasteiger partial charge in [-0.3, -0.25) is 0 Å². The molecule has 98 valence electrons. The van der Waals surface area contributed by atoms with Gasteiger partial charge in [0.05, 0.1) is 6.54 Å².